The topological polar surface area (TPSA) is 57.6 Å². The zero-order chi connectivity index (χ0) is 23.1. The minimum Gasteiger partial charge on any atom is -0.375 e. The Kier molecular flexibility index (Phi) is 5.47. The molecule has 4 nitrogen and oxygen atoms in total. The number of fused-ring (bicyclic) bond motifs is 1. The van der Waals surface area contributed by atoms with Crippen LogP contribution in [-0.4, -0.2) is 16.8 Å². The van der Waals surface area contributed by atoms with Crippen molar-refractivity contribution in [3.8, 4) is 0 Å². The standard InChI is InChI=1S/C27H26FNO3/c1-26(2,3)20-14-12-18(13-15-20)24(30)16-27(32)21-9-5-7-11-23(21)29(25(27)31)17-19-8-4-6-10-22(19)28/h4-15,32H,16-17H2,1-3H3. The molecule has 0 saturated heterocycles. The quantitative estimate of drug-likeness (QED) is 0.570. The molecule has 1 aliphatic heterocycles. The van der Waals surface area contributed by atoms with Crippen molar-refractivity contribution in [2.24, 2.45) is 0 Å². The van der Waals surface area contributed by atoms with Gasteiger partial charge < -0.3 is 10.0 Å². The van der Waals surface area contributed by atoms with Crippen LogP contribution in [0.3, 0.4) is 0 Å². The van der Waals surface area contributed by atoms with Gasteiger partial charge in [-0.2, -0.15) is 0 Å². The summed E-state index contributed by atoms with van der Waals surface area (Å²) in [6.45, 7) is 6.24. The predicted octanol–water partition coefficient (Wildman–Crippen LogP) is 5.13. The van der Waals surface area contributed by atoms with E-state index in [1.807, 2.05) is 12.1 Å². The number of Topliss-reactive ketones (excluding diaryl/α,β-unsaturated/α-hetero) is 1. The van der Waals surface area contributed by atoms with E-state index in [4.69, 9.17) is 0 Å². The maximum absolute atomic E-state index is 14.2. The van der Waals surface area contributed by atoms with Crippen LogP contribution in [0.4, 0.5) is 10.1 Å². The first-order valence-electron chi connectivity index (χ1n) is 10.6. The molecule has 0 saturated carbocycles. The van der Waals surface area contributed by atoms with Crippen molar-refractivity contribution < 1.29 is 19.1 Å². The number of hydrogen-bond donors (Lipinski definition) is 1. The van der Waals surface area contributed by atoms with Gasteiger partial charge >= 0.3 is 0 Å². The van der Waals surface area contributed by atoms with E-state index in [1.165, 1.54) is 11.0 Å². The molecule has 0 bridgehead atoms. The van der Waals surface area contributed by atoms with E-state index in [0.29, 0.717) is 22.4 Å². The second-order valence-electron chi connectivity index (χ2n) is 9.29. The Morgan fingerprint density at radius 3 is 2.25 bits per heavy atom. The summed E-state index contributed by atoms with van der Waals surface area (Å²) in [7, 11) is 0. The molecule has 1 N–H and O–H groups in total. The number of anilines is 1. The highest BCUT2D eigenvalue weighted by atomic mass is 19.1. The lowest BCUT2D eigenvalue weighted by molar-refractivity contribution is -0.136. The fourth-order valence-corrected chi connectivity index (χ4v) is 4.12. The maximum atomic E-state index is 14.2. The Bertz CT molecular complexity index is 1180. The van der Waals surface area contributed by atoms with Gasteiger partial charge in [0.15, 0.2) is 11.4 Å². The van der Waals surface area contributed by atoms with E-state index < -0.39 is 17.3 Å². The van der Waals surface area contributed by atoms with Gasteiger partial charge in [0.05, 0.1) is 18.7 Å². The van der Waals surface area contributed by atoms with Gasteiger partial charge in [-0.05, 0) is 23.1 Å². The molecule has 1 aliphatic rings. The van der Waals surface area contributed by atoms with Crippen molar-refractivity contribution >= 4 is 17.4 Å². The Morgan fingerprint density at radius 1 is 0.969 bits per heavy atom. The minimum absolute atomic E-state index is 0.0285. The number of para-hydroxylation sites is 1. The first-order chi connectivity index (χ1) is 15.1. The van der Waals surface area contributed by atoms with Gasteiger partial charge in [0.1, 0.15) is 5.82 Å². The van der Waals surface area contributed by atoms with Gasteiger partial charge in [0.2, 0.25) is 0 Å². The number of rotatable bonds is 5. The van der Waals surface area contributed by atoms with Crippen LogP contribution in [0.25, 0.3) is 0 Å². The van der Waals surface area contributed by atoms with Crippen LogP contribution in [-0.2, 0) is 22.4 Å². The molecular weight excluding hydrogens is 405 g/mol. The highest BCUT2D eigenvalue weighted by molar-refractivity contribution is 6.10. The molecule has 0 spiro atoms. The first kappa shape index (κ1) is 21.9. The molecule has 3 aromatic rings. The number of carbonyl (C=O) groups excluding carboxylic acids is 2. The van der Waals surface area contributed by atoms with Gasteiger partial charge in [-0.25, -0.2) is 4.39 Å². The molecule has 3 aromatic carbocycles. The van der Waals surface area contributed by atoms with E-state index >= 15 is 0 Å². The third kappa shape index (κ3) is 3.84. The maximum Gasteiger partial charge on any atom is 0.264 e. The SMILES string of the molecule is CC(C)(C)c1ccc(C(=O)CC2(O)C(=O)N(Cc3ccccc3F)c3ccccc32)cc1. The van der Waals surface area contributed by atoms with Crippen molar-refractivity contribution in [1.82, 2.24) is 0 Å². The van der Waals surface area contributed by atoms with Gasteiger partial charge in [-0.1, -0.05) is 81.4 Å². The van der Waals surface area contributed by atoms with Crippen molar-refractivity contribution in [3.05, 3.63) is 101 Å². The molecule has 1 atom stereocenters. The largest absolute Gasteiger partial charge is 0.375 e. The zero-order valence-corrected chi connectivity index (χ0v) is 18.4. The fraction of sp³-hybridized carbons (Fsp3) is 0.259. The predicted molar refractivity (Wildman–Crippen MR) is 122 cm³/mol. The number of ketones is 1. The molecule has 0 fully saturated rings. The van der Waals surface area contributed by atoms with Crippen LogP contribution in [0.1, 0.15) is 54.2 Å². The number of benzene rings is 3. The Morgan fingerprint density at radius 2 is 1.59 bits per heavy atom. The fourth-order valence-electron chi connectivity index (χ4n) is 4.12. The van der Waals surface area contributed by atoms with Crippen LogP contribution in [0.2, 0.25) is 0 Å². The molecule has 5 heteroatoms. The van der Waals surface area contributed by atoms with Crippen LogP contribution in [0, 0.1) is 5.82 Å². The van der Waals surface area contributed by atoms with Crippen LogP contribution in [0.5, 0.6) is 0 Å². The minimum atomic E-state index is -2.00. The number of amides is 1. The van der Waals surface area contributed by atoms with E-state index in [0.717, 1.165) is 5.56 Å². The third-order valence-electron chi connectivity index (χ3n) is 6.01. The van der Waals surface area contributed by atoms with Crippen molar-refractivity contribution in [1.29, 1.82) is 0 Å². The molecule has 0 aliphatic carbocycles. The molecule has 164 valence electrons. The second kappa shape index (κ2) is 7.99. The number of aliphatic hydroxyl groups is 1. The lowest BCUT2D eigenvalue weighted by Gasteiger charge is -2.23. The number of nitrogens with zero attached hydrogens (tertiary/aromatic N) is 1. The highest BCUT2D eigenvalue weighted by Gasteiger charge is 2.50. The normalized spacial score (nSPS) is 18.0. The van der Waals surface area contributed by atoms with Gasteiger partial charge in [0.25, 0.3) is 5.91 Å². The lowest BCUT2D eigenvalue weighted by atomic mass is 9.85. The Balaban J connectivity index is 1.64. The molecule has 32 heavy (non-hydrogen) atoms. The summed E-state index contributed by atoms with van der Waals surface area (Å²) in [6.07, 6.45) is -0.383. The molecule has 0 aromatic heterocycles. The summed E-state index contributed by atoms with van der Waals surface area (Å²) < 4.78 is 14.2. The summed E-state index contributed by atoms with van der Waals surface area (Å²) >= 11 is 0. The number of hydrogen-bond acceptors (Lipinski definition) is 3. The summed E-state index contributed by atoms with van der Waals surface area (Å²) in [5, 5.41) is 11.4. The number of halogens is 1. The van der Waals surface area contributed by atoms with Crippen LogP contribution >= 0.6 is 0 Å². The number of carbonyl (C=O) groups is 2. The van der Waals surface area contributed by atoms with Gasteiger partial charge in [-0.3, -0.25) is 9.59 Å². The molecule has 1 unspecified atom stereocenters. The first-order valence-corrected chi connectivity index (χ1v) is 10.6. The third-order valence-corrected chi connectivity index (χ3v) is 6.01. The molecule has 1 amide bonds. The van der Waals surface area contributed by atoms with Gasteiger partial charge in [-0.15, -0.1) is 0 Å². The summed E-state index contributed by atoms with van der Waals surface area (Å²) in [4.78, 5) is 27.8. The second-order valence-corrected chi connectivity index (χ2v) is 9.29. The Hall–Kier alpha value is -3.31. The van der Waals surface area contributed by atoms with Gasteiger partial charge in [0, 0.05) is 16.7 Å². The monoisotopic (exact) mass is 431 g/mol. The average molecular weight is 432 g/mol. The summed E-state index contributed by atoms with van der Waals surface area (Å²) in [5.41, 5.74) is 0.661. The molecular formula is C27H26FNO3. The van der Waals surface area contributed by atoms with Crippen LogP contribution < -0.4 is 4.90 Å². The summed E-state index contributed by atoms with van der Waals surface area (Å²) in [5.74, 6) is -1.38. The summed E-state index contributed by atoms with van der Waals surface area (Å²) in [6, 6.07) is 20.3. The van der Waals surface area contributed by atoms with E-state index in [1.54, 1.807) is 54.6 Å². The molecule has 1 heterocycles. The molecule has 4 rings (SSSR count). The average Bonchev–Trinajstić information content (AvgIpc) is 2.97. The zero-order valence-electron chi connectivity index (χ0n) is 18.4. The van der Waals surface area contributed by atoms with E-state index in [2.05, 4.69) is 20.8 Å². The van der Waals surface area contributed by atoms with Crippen molar-refractivity contribution in [2.45, 2.75) is 44.8 Å². The van der Waals surface area contributed by atoms with E-state index in [9.17, 15) is 19.1 Å². The lowest BCUT2D eigenvalue weighted by Crippen LogP contribution is -2.41. The van der Waals surface area contributed by atoms with Crippen molar-refractivity contribution in [2.75, 3.05) is 4.90 Å². The smallest absolute Gasteiger partial charge is 0.264 e. The highest BCUT2D eigenvalue weighted by Crippen LogP contribution is 2.43. The Labute approximate surface area is 187 Å². The van der Waals surface area contributed by atoms with Crippen molar-refractivity contribution in [3.63, 3.8) is 0 Å². The van der Waals surface area contributed by atoms with E-state index in [-0.39, 0.29) is 24.2 Å². The molecule has 0 radical (unpaired) electrons. The van der Waals surface area contributed by atoms with Crippen LogP contribution in [0.15, 0.2) is 72.8 Å².